The molecular weight excluding hydrogens is 469 g/mol. The van der Waals surface area contributed by atoms with E-state index >= 15 is 4.39 Å². The lowest BCUT2D eigenvalue weighted by Gasteiger charge is -2.27. The summed E-state index contributed by atoms with van der Waals surface area (Å²) in [5, 5.41) is 6.02. The van der Waals surface area contributed by atoms with Gasteiger partial charge < -0.3 is 20.0 Å². The molecule has 1 saturated heterocycles. The summed E-state index contributed by atoms with van der Waals surface area (Å²) < 4.78 is 21.2. The smallest absolute Gasteiger partial charge is 0.257 e. The average Bonchev–Trinajstić information content (AvgIpc) is 3.48. The molecule has 0 saturated carbocycles. The fraction of sp³-hybridized carbons (Fsp3) is 0.423. The molecule has 9 heteroatoms. The van der Waals surface area contributed by atoms with E-state index in [1.54, 1.807) is 22.7 Å². The summed E-state index contributed by atoms with van der Waals surface area (Å²) in [7, 11) is 0. The fourth-order valence-corrected chi connectivity index (χ4v) is 5.44. The van der Waals surface area contributed by atoms with Gasteiger partial charge in [-0.25, -0.2) is 4.39 Å². The maximum Gasteiger partial charge on any atom is 0.257 e. The molecule has 2 heterocycles. The number of nitrogens with zero attached hydrogens (tertiary/aromatic N) is 1. The molecule has 3 atom stereocenters. The number of halogens is 1. The molecule has 3 aromatic rings. The van der Waals surface area contributed by atoms with Gasteiger partial charge in [0.25, 0.3) is 16.8 Å². The largest absolute Gasteiger partial charge is 0.464 e. The number of benzene rings is 1. The quantitative estimate of drug-likeness (QED) is 0.401. The molecule has 0 spiro atoms. The van der Waals surface area contributed by atoms with Gasteiger partial charge in [0.15, 0.2) is 5.82 Å². The summed E-state index contributed by atoms with van der Waals surface area (Å²) >= 11 is 1.62. The van der Waals surface area contributed by atoms with Crippen LogP contribution in [-0.2, 0) is 0 Å². The normalized spacial score (nSPS) is 17.5. The van der Waals surface area contributed by atoms with Gasteiger partial charge in [-0.05, 0) is 63.6 Å². The summed E-state index contributed by atoms with van der Waals surface area (Å²) in [5.41, 5.74) is -1.42. The number of carbonyl (C=O) groups excluding carboxylic acids is 1. The minimum atomic E-state index is -0.746. The summed E-state index contributed by atoms with van der Waals surface area (Å²) in [6, 6.07) is 7.83. The zero-order chi connectivity index (χ0) is 25.3. The van der Waals surface area contributed by atoms with E-state index in [0.29, 0.717) is 12.3 Å². The van der Waals surface area contributed by atoms with E-state index in [4.69, 9.17) is 4.42 Å². The molecule has 0 aliphatic carbocycles. The van der Waals surface area contributed by atoms with Crippen molar-refractivity contribution < 1.29 is 13.6 Å². The van der Waals surface area contributed by atoms with Gasteiger partial charge in [-0.1, -0.05) is 13.0 Å². The topological polar surface area (TPSA) is 91.6 Å². The maximum atomic E-state index is 15.4. The van der Waals surface area contributed by atoms with Gasteiger partial charge in [0, 0.05) is 17.8 Å². The molecule has 7 nitrogen and oxygen atoms in total. The van der Waals surface area contributed by atoms with Crippen molar-refractivity contribution in [1.82, 2.24) is 4.90 Å². The number of thioether (sulfide) groups is 1. The molecule has 4 rings (SSSR count). The van der Waals surface area contributed by atoms with E-state index in [2.05, 4.69) is 10.6 Å². The third kappa shape index (κ3) is 4.74. The zero-order valence-corrected chi connectivity index (χ0v) is 21.1. The van der Waals surface area contributed by atoms with Crippen molar-refractivity contribution in [3.8, 4) is 0 Å². The van der Waals surface area contributed by atoms with Gasteiger partial charge in [0.1, 0.15) is 22.9 Å². The molecule has 1 aliphatic rings. The lowest BCUT2D eigenvalue weighted by Crippen LogP contribution is -2.39. The molecule has 1 fully saturated rings. The Morgan fingerprint density at radius 1 is 1.23 bits per heavy atom. The van der Waals surface area contributed by atoms with Gasteiger partial charge in [-0.3, -0.25) is 14.4 Å². The van der Waals surface area contributed by atoms with Crippen LogP contribution >= 0.6 is 11.8 Å². The van der Waals surface area contributed by atoms with Gasteiger partial charge >= 0.3 is 0 Å². The molecule has 2 unspecified atom stereocenters. The maximum absolute atomic E-state index is 15.4. The number of likely N-dealkylation sites (tertiary alicyclic amines) is 1. The van der Waals surface area contributed by atoms with Crippen LogP contribution in [0.4, 0.5) is 21.5 Å². The molecule has 1 aliphatic heterocycles. The van der Waals surface area contributed by atoms with Gasteiger partial charge in [-0.2, -0.15) is 11.8 Å². The molecule has 2 N–H and O–H groups in total. The Morgan fingerprint density at radius 2 is 1.97 bits per heavy atom. The highest BCUT2D eigenvalue weighted by atomic mass is 32.2. The second-order valence-electron chi connectivity index (χ2n) is 8.94. The van der Waals surface area contributed by atoms with Crippen LogP contribution in [0, 0.1) is 12.7 Å². The van der Waals surface area contributed by atoms with E-state index in [1.807, 2.05) is 39.2 Å². The highest BCUT2D eigenvalue weighted by molar-refractivity contribution is 7.99. The SMILES string of the molecule is CCC(SC)C(Nc1c(Nc2cccc(C(=O)N3CCC[C@H]3C)c2F)c(=O)c1=O)c1ccc(C)o1. The molecular formula is C26H30FN3O4S. The number of amides is 1. The summed E-state index contributed by atoms with van der Waals surface area (Å²) in [5.74, 6) is 0.269. The first-order valence-electron chi connectivity index (χ1n) is 11.8. The van der Waals surface area contributed by atoms with Gasteiger partial charge in [-0.15, -0.1) is 0 Å². The second-order valence-corrected chi connectivity index (χ2v) is 10.0. The Kier molecular flexibility index (Phi) is 7.35. The van der Waals surface area contributed by atoms with Crippen LogP contribution < -0.4 is 21.5 Å². The van der Waals surface area contributed by atoms with Crippen molar-refractivity contribution in [2.75, 3.05) is 23.4 Å². The molecule has 0 radical (unpaired) electrons. The Bertz CT molecular complexity index is 1290. The van der Waals surface area contributed by atoms with Crippen LogP contribution in [0.2, 0.25) is 0 Å². The third-order valence-corrected chi connectivity index (χ3v) is 7.87. The van der Waals surface area contributed by atoms with Crippen molar-refractivity contribution >= 4 is 34.7 Å². The second kappa shape index (κ2) is 10.3. The first-order valence-corrected chi connectivity index (χ1v) is 13.1. The number of hydrogen-bond donors (Lipinski definition) is 2. The molecule has 2 aromatic carbocycles. The number of furan rings is 1. The zero-order valence-electron chi connectivity index (χ0n) is 20.3. The predicted octanol–water partition coefficient (Wildman–Crippen LogP) is 4.99. The Morgan fingerprint density at radius 3 is 2.57 bits per heavy atom. The molecule has 35 heavy (non-hydrogen) atoms. The minimum absolute atomic E-state index is 0.0164. The van der Waals surface area contributed by atoms with E-state index in [-0.39, 0.29) is 45.9 Å². The first-order chi connectivity index (χ1) is 16.8. The van der Waals surface area contributed by atoms with E-state index < -0.39 is 16.7 Å². The first kappa shape index (κ1) is 25.0. The van der Waals surface area contributed by atoms with Crippen LogP contribution in [0.3, 0.4) is 0 Å². The van der Waals surface area contributed by atoms with Crippen molar-refractivity contribution in [2.45, 2.75) is 57.4 Å². The van der Waals surface area contributed by atoms with Crippen molar-refractivity contribution in [2.24, 2.45) is 0 Å². The number of carbonyl (C=O) groups is 1. The summed E-state index contributed by atoms with van der Waals surface area (Å²) in [6.45, 7) is 6.41. The van der Waals surface area contributed by atoms with Crippen LogP contribution in [0.1, 0.15) is 61.0 Å². The number of hydrogen-bond acceptors (Lipinski definition) is 7. The minimum Gasteiger partial charge on any atom is -0.464 e. The van der Waals surface area contributed by atoms with Crippen molar-refractivity contribution in [3.63, 3.8) is 0 Å². The van der Waals surface area contributed by atoms with Crippen molar-refractivity contribution in [1.29, 1.82) is 0 Å². The number of nitrogens with one attached hydrogen (secondary N) is 2. The highest BCUT2D eigenvalue weighted by Crippen LogP contribution is 2.34. The lowest BCUT2D eigenvalue weighted by atomic mass is 10.1. The Labute approximate surface area is 207 Å². The molecule has 0 bridgehead atoms. The number of anilines is 3. The van der Waals surface area contributed by atoms with Crippen LogP contribution in [0.15, 0.2) is 44.3 Å². The molecule has 1 amide bonds. The van der Waals surface area contributed by atoms with Crippen LogP contribution in [0.5, 0.6) is 0 Å². The molecule has 186 valence electrons. The summed E-state index contributed by atoms with van der Waals surface area (Å²) in [6.07, 6.45) is 4.54. The predicted molar refractivity (Wildman–Crippen MR) is 138 cm³/mol. The number of aryl methyl sites for hydroxylation is 1. The molecule has 1 aromatic heterocycles. The number of rotatable bonds is 9. The standard InChI is InChI=1S/C26H30FN3O4S/c1-5-19(35-4)21(18-12-11-15(3)34-18)29-23-22(24(31)25(23)32)28-17-10-6-9-16(20(17)27)26(33)30-13-7-8-14(30)2/h6,9-12,14,19,21,28-29H,5,7-8,13H2,1-4H3/t14-,19?,21?/m1/s1. The van der Waals surface area contributed by atoms with E-state index in [1.165, 1.54) is 12.1 Å². The van der Waals surface area contributed by atoms with Gasteiger partial charge in [0.05, 0.1) is 17.3 Å². The van der Waals surface area contributed by atoms with Crippen LogP contribution in [-0.4, -0.2) is 34.9 Å². The highest BCUT2D eigenvalue weighted by Gasteiger charge is 2.31. The fourth-order valence-electron chi connectivity index (χ4n) is 4.63. The van der Waals surface area contributed by atoms with Gasteiger partial charge in [0.2, 0.25) is 0 Å². The Balaban J connectivity index is 1.63. The van der Waals surface area contributed by atoms with E-state index in [9.17, 15) is 14.4 Å². The lowest BCUT2D eigenvalue weighted by molar-refractivity contribution is 0.0743. The Hall–Kier alpha value is -3.07. The third-order valence-electron chi connectivity index (χ3n) is 6.66. The summed E-state index contributed by atoms with van der Waals surface area (Å²) in [4.78, 5) is 39.5. The van der Waals surface area contributed by atoms with Crippen molar-refractivity contribution in [3.05, 3.63) is 73.7 Å². The average molecular weight is 500 g/mol. The monoisotopic (exact) mass is 499 g/mol. The van der Waals surface area contributed by atoms with Crippen LogP contribution in [0.25, 0.3) is 0 Å². The van der Waals surface area contributed by atoms with E-state index in [0.717, 1.165) is 25.0 Å².